The van der Waals surface area contributed by atoms with Gasteiger partial charge in [-0.25, -0.2) is 9.18 Å². The standard InChI is InChI=1S/C19H19FN6O4/c1-25-23-18(22-24-25)17-5-2-12(9-21-17)15-4-3-13(8-16(15)20)26-10-14(30-19(26)28)11-29-7-6-27/h2-5,8-9,14,27H,6-7,10-11H2,1H3/t14-/m1/s1. The zero-order valence-corrected chi connectivity index (χ0v) is 16.1. The van der Waals surface area contributed by atoms with Crippen LogP contribution in [0.2, 0.25) is 0 Å². The lowest BCUT2D eigenvalue weighted by Crippen LogP contribution is -2.26. The molecule has 2 aromatic heterocycles. The first-order valence-corrected chi connectivity index (χ1v) is 9.22. The van der Waals surface area contributed by atoms with Gasteiger partial charge in [-0.3, -0.25) is 9.88 Å². The van der Waals surface area contributed by atoms with Crippen LogP contribution < -0.4 is 4.90 Å². The van der Waals surface area contributed by atoms with E-state index in [-0.39, 0.29) is 26.4 Å². The Morgan fingerprint density at radius 3 is 2.87 bits per heavy atom. The first-order chi connectivity index (χ1) is 14.5. The third-order valence-electron chi connectivity index (χ3n) is 4.49. The summed E-state index contributed by atoms with van der Waals surface area (Å²) in [5.41, 5.74) is 1.84. The van der Waals surface area contributed by atoms with E-state index in [0.29, 0.717) is 28.3 Å². The molecule has 0 unspecified atom stereocenters. The number of hydrogen-bond donors (Lipinski definition) is 1. The Kier molecular flexibility index (Phi) is 5.63. The molecule has 4 rings (SSSR count). The van der Waals surface area contributed by atoms with Crippen LogP contribution in [0.4, 0.5) is 14.9 Å². The van der Waals surface area contributed by atoms with E-state index in [2.05, 4.69) is 20.4 Å². The fourth-order valence-electron chi connectivity index (χ4n) is 3.08. The fourth-order valence-corrected chi connectivity index (χ4v) is 3.08. The van der Waals surface area contributed by atoms with Crippen molar-refractivity contribution in [1.82, 2.24) is 25.2 Å². The average molecular weight is 414 g/mol. The fraction of sp³-hybridized carbons (Fsp3) is 0.316. The van der Waals surface area contributed by atoms with Gasteiger partial charge in [-0.05, 0) is 29.5 Å². The van der Waals surface area contributed by atoms with Gasteiger partial charge in [0.25, 0.3) is 0 Å². The molecule has 1 aliphatic rings. The van der Waals surface area contributed by atoms with Crippen LogP contribution >= 0.6 is 0 Å². The molecule has 0 bridgehead atoms. The van der Waals surface area contributed by atoms with Gasteiger partial charge in [0.2, 0.25) is 5.82 Å². The summed E-state index contributed by atoms with van der Waals surface area (Å²) in [7, 11) is 1.66. The van der Waals surface area contributed by atoms with Gasteiger partial charge in [-0.1, -0.05) is 6.07 Å². The lowest BCUT2D eigenvalue weighted by molar-refractivity contribution is 0.0303. The highest BCUT2D eigenvalue weighted by Gasteiger charge is 2.32. The van der Waals surface area contributed by atoms with Crippen molar-refractivity contribution >= 4 is 11.8 Å². The summed E-state index contributed by atoms with van der Waals surface area (Å²) in [5.74, 6) is -0.114. The summed E-state index contributed by atoms with van der Waals surface area (Å²) in [6.07, 6.45) is 0.489. The maximum Gasteiger partial charge on any atom is 0.414 e. The zero-order valence-electron chi connectivity index (χ0n) is 16.1. The van der Waals surface area contributed by atoms with Crippen LogP contribution in [0, 0.1) is 5.82 Å². The van der Waals surface area contributed by atoms with E-state index in [1.165, 1.54) is 22.0 Å². The number of carbonyl (C=O) groups excluding carboxylic acids is 1. The Morgan fingerprint density at radius 1 is 1.33 bits per heavy atom. The van der Waals surface area contributed by atoms with Gasteiger partial charge in [0.05, 0.1) is 39.1 Å². The number of cyclic esters (lactones) is 1. The topological polar surface area (TPSA) is 115 Å². The Bertz CT molecular complexity index is 1040. The van der Waals surface area contributed by atoms with Gasteiger partial charge in [0, 0.05) is 17.3 Å². The molecule has 0 aliphatic carbocycles. The van der Waals surface area contributed by atoms with Crippen molar-refractivity contribution < 1.29 is 23.8 Å². The van der Waals surface area contributed by atoms with Crippen molar-refractivity contribution in [2.75, 3.05) is 31.3 Å². The van der Waals surface area contributed by atoms with Crippen LogP contribution in [0.25, 0.3) is 22.6 Å². The molecule has 156 valence electrons. The summed E-state index contributed by atoms with van der Waals surface area (Å²) in [6, 6.07) is 7.93. The number of ether oxygens (including phenoxy) is 2. The average Bonchev–Trinajstić information content (AvgIpc) is 3.34. The first kappa shape index (κ1) is 19.9. The molecular weight excluding hydrogens is 395 g/mol. The van der Waals surface area contributed by atoms with Crippen molar-refractivity contribution in [2.24, 2.45) is 7.05 Å². The minimum atomic E-state index is -0.567. The number of amides is 1. The number of tetrazole rings is 1. The van der Waals surface area contributed by atoms with Crippen molar-refractivity contribution in [3.63, 3.8) is 0 Å². The predicted molar refractivity (Wildman–Crippen MR) is 103 cm³/mol. The maximum atomic E-state index is 14.8. The van der Waals surface area contributed by atoms with Crippen molar-refractivity contribution in [3.05, 3.63) is 42.3 Å². The molecule has 30 heavy (non-hydrogen) atoms. The number of nitrogens with zero attached hydrogens (tertiary/aromatic N) is 6. The number of pyridine rings is 1. The molecule has 1 aliphatic heterocycles. The molecule has 0 saturated carbocycles. The monoisotopic (exact) mass is 414 g/mol. The molecule has 1 aromatic carbocycles. The van der Waals surface area contributed by atoms with Gasteiger partial charge in [0.15, 0.2) is 0 Å². The van der Waals surface area contributed by atoms with Gasteiger partial charge in [0.1, 0.15) is 17.6 Å². The number of carbonyl (C=O) groups is 1. The van der Waals surface area contributed by atoms with Crippen molar-refractivity contribution in [2.45, 2.75) is 6.10 Å². The van der Waals surface area contributed by atoms with Crippen LogP contribution in [-0.2, 0) is 16.5 Å². The smallest absolute Gasteiger partial charge is 0.414 e. The number of halogens is 1. The number of aromatic nitrogens is 5. The van der Waals surface area contributed by atoms with Crippen LogP contribution in [0.15, 0.2) is 36.5 Å². The molecule has 1 N–H and O–H groups in total. The lowest BCUT2D eigenvalue weighted by Gasteiger charge is -2.14. The second kappa shape index (κ2) is 8.51. The molecule has 3 aromatic rings. The Morgan fingerprint density at radius 2 is 2.20 bits per heavy atom. The van der Waals surface area contributed by atoms with Crippen molar-refractivity contribution in [3.8, 4) is 22.6 Å². The molecular formula is C19H19FN6O4. The summed E-state index contributed by atoms with van der Waals surface area (Å²) in [4.78, 5) is 19.1. The van der Waals surface area contributed by atoms with E-state index < -0.39 is 18.0 Å². The third kappa shape index (κ3) is 4.11. The van der Waals surface area contributed by atoms with Gasteiger partial charge in [-0.15, -0.1) is 10.2 Å². The largest absolute Gasteiger partial charge is 0.441 e. The molecule has 1 saturated heterocycles. The molecule has 3 heterocycles. The minimum absolute atomic E-state index is 0.109. The van der Waals surface area contributed by atoms with Crippen LogP contribution in [0.5, 0.6) is 0 Å². The summed E-state index contributed by atoms with van der Waals surface area (Å²) in [6.45, 7) is 0.464. The molecule has 1 fully saturated rings. The second-order valence-electron chi connectivity index (χ2n) is 6.61. The highest BCUT2D eigenvalue weighted by Crippen LogP contribution is 2.29. The zero-order chi connectivity index (χ0) is 21.1. The number of aliphatic hydroxyl groups excluding tert-OH is 1. The van der Waals surface area contributed by atoms with Gasteiger partial charge >= 0.3 is 6.09 Å². The lowest BCUT2D eigenvalue weighted by atomic mass is 10.1. The number of rotatable bonds is 7. The van der Waals surface area contributed by atoms with E-state index in [9.17, 15) is 9.18 Å². The summed E-state index contributed by atoms with van der Waals surface area (Å²) in [5, 5.41) is 20.5. The quantitative estimate of drug-likeness (QED) is 0.577. The highest BCUT2D eigenvalue weighted by atomic mass is 19.1. The number of benzene rings is 1. The van der Waals surface area contributed by atoms with E-state index in [4.69, 9.17) is 14.6 Å². The predicted octanol–water partition coefficient (Wildman–Crippen LogP) is 1.41. The molecule has 0 radical (unpaired) electrons. The molecule has 1 amide bonds. The molecule has 0 spiro atoms. The second-order valence-corrected chi connectivity index (χ2v) is 6.61. The first-order valence-electron chi connectivity index (χ1n) is 9.22. The van der Waals surface area contributed by atoms with Gasteiger partial charge in [-0.2, -0.15) is 4.80 Å². The molecule has 1 atom stereocenters. The van der Waals surface area contributed by atoms with Gasteiger partial charge < -0.3 is 14.6 Å². The molecule has 11 heteroatoms. The van der Waals surface area contributed by atoms with Crippen molar-refractivity contribution in [1.29, 1.82) is 0 Å². The number of aryl methyl sites for hydroxylation is 1. The maximum absolute atomic E-state index is 14.8. The SMILES string of the molecule is Cn1nnc(-c2ccc(-c3ccc(N4C[C@H](COCCO)OC4=O)cc3F)cn2)n1. The number of aliphatic hydroxyl groups is 1. The number of hydrogen-bond acceptors (Lipinski definition) is 8. The van der Waals surface area contributed by atoms with Crippen LogP contribution in [0.1, 0.15) is 0 Å². The highest BCUT2D eigenvalue weighted by molar-refractivity contribution is 5.90. The molecule has 10 nitrogen and oxygen atoms in total. The van der Waals surface area contributed by atoms with Crippen LogP contribution in [0.3, 0.4) is 0 Å². The Hall–Kier alpha value is -3.44. The Labute approximate surface area is 170 Å². The normalized spacial score (nSPS) is 16.2. The van der Waals surface area contributed by atoms with E-state index in [1.54, 1.807) is 31.3 Å². The summed E-state index contributed by atoms with van der Waals surface area (Å²) >= 11 is 0. The van der Waals surface area contributed by atoms with E-state index in [1.807, 2.05) is 0 Å². The minimum Gasteiger partial charge on any atom is -0.441 e. The number of anilines is 1. The Balaban J connectivity index is 1.49. The van der Waals surface area contributed by atoms with Crippen LogP contribution in [-0.4, -0.2) is 68.9 Å². The third-order valence-corrected chi connectivity index (χ3v) is 4.49. The van der Waals surface area contributed by atoms with E-state index >= 15 is 0 Å². The van der Waals surface area contributed by atoms with E-state index in [0.717, 1.165) is 0 Å². The summed E-state index contributed by atoms with van der Waals surface area (Å²) < 4.78 is 25.2.